The monoisotopic (exact) mass is 333 g/mol. The zero-order chi connectivity index (χ0) is 14.7. The molecule has 0 unspecified atom stereocenters. The first-order chi connectivity index (χ1) is 10.3. The van der Waals surface area contributed by atoms with Crippen LogP contribution in [0.15, 0.2) is 53.4 Å². The van der Waals surface area contributed by atoms with Crippen molar-refractivity contribution in [3.05, 3.63) is 58.4 Å². The lowest BCUT2D eigenvalue weighted by Gasteiger charge is -2.10. The molecule has 4 heteroatoms. The maximum Gasteiger partial charge on any atom is 0.0642 e. The van der Waals surface area contributed by atoms with Crippen LogP contribution < -0.4 is 5.32 Å². The highest BCUT2D eigenvalue weighted by molar-refractivity contribution is 7.99. The maximum absolute atomic E-state index is 6.49. The lowest BCUT2D eigenvalue weighted by atomic mass is 10.2. The van der Waals surface area contributed by atoms with Crippen LogP contribution in [0, 0.1) is 0 Å². The number of anilines is 1. The number of hydrogen-bond acceptors (Lipinski definition) is 3. The van der Waals surface area contributed by atoms with E-state index in [0.29, 0.717) is 0 Å². The molecule has 0 aliphatic heterocycles. The minimum absolute atomic E-state index is 0.763. The Morgan fingerprint density at radius 3 is 2.67 bits per heavy atom. The molecular weight excluding hydrogens is 318 g/mol. The molecule has 108 valence electrons. The standard InChI is InChI=1S/C17H16ClNS2/c1-2-20-15-10-6-4-8-13(15)19-11-16-17(18)12-7-3-5-9-14(12)21-16/h3-10,19H,2,11H2,1H3. The summed E-state index contributed by atoms with van der Waals surface area (Å²) in [5, 5.41) is 5.55. The first-order valence-corrected chi connectivity index (χ1v) is 9.09. The predicted octanol–water partition coefficient (Wildman–Crippen LogP) is 6.28. The number of fused-ring (bicyclic) bond motifs is 1. The fourth-order valence-corrected chi connectivity index (χ4v) is 4.47. The van der Waals surface area contributed by atoms with Crippen molar-refractivity contribution in [1.82, 2.24) is 0 Å². The van der Waals surface area contributed by atoms with Crippen molar-refractivity contribution < 1.29 is 0 Å². The van der Waals surface area contributed by atoms with Crippen LogP contribution in [0.4, 0.5) is 5.69 Å². The van der Waals surface area contributed by atoms with E-state index < -0.39 is 0 Å². The van der Waals surface area contributed by atoms with E-state index in [-0.39, 0.29) is 0 Å². The van der Waals surface area contributed by atoms with Gasteiger partial charge in [-0.3, -0.25) is 0 Å². The van der Waals surface area contributed by atoms with Crippen molar-refractivity contribution in [2.75, 3.05) is 11.1 Å². The number of halogens is 1. The molecule has 0 atom stereocenters. The molecule has 1 nitrogen and oxygen atoms in total. The van der Waals surface area contributed by atoms with Gasteiger partial charge >= 0.3 is 0 Å². The smallest absolute Gasteiger partial charge is 0.0642 e. The maximum atomic E-state index is 6.49. The van der Waals surface area contributed by atoms with Gasteiger partial charge in [0.25, 0.3) is 0 Å². The van der Waals surface area contributed by atoms with Gasteiger partial charge in [0.05, 0.1) is 11.6 Å². The molecule has 0 amide bonds. The Morgan fingerprint density at radius 1 is 1.10 bits per heavy atom. The van der Waals surface area contributed by atoms with Gasteiger partial charge in [-0.05, 0) is 24.0 Å². The number of thioether (sulfide) groups is 1. The van der Waals surface area contributed by atoms with Gasteiger partial charge in [-0.2, -0.15) is 0 Å². The second-order valence-electron chi connectivity index (χ2n) is 4.62. The van der Waals surface area contributed by atoms with Crippen molar-refractivity contribution >= 4 is 50.5 Å². The highest BCUT2D eigenvalue weighted by Gasteiger charge is 2.10. The lowest BCUT2D eigenvalue weighted by molar-refractivity contribution is 1.17. The second kappa shape index (κ2) is 6.73. The molecule has 2 aromatic carbocycles. The molecule has 1 heterocycles. The number of thiophene rings is 1. The van der Waals surface area contributed by atoms with Gasteiger partial charge in [0, 0.05) is 25.5 Å². The summed E-state index contributed by atoms with van der Waals surface area (Å²) in [6.07, 6.45) is 0. The number of nitrogens with one attached hydrogen (secondary N) is 1. The third-order valence-electron chi connectivity index (χ3n) is 3.23. The molecule has 0 saturated carbocycles. The summed E-state index contributed by atoms with van der Waals surface area (Å²) in [6, 6.07) is 16.7. The van der Waals surface area contributed by atoms with Crippen molar-refractivity contribution in [2.45, 2.75) is 18.4 Å². The summed E-state index contributed by atoms with van der Waals surface area (Å²) in [7, 11) is 0. The van der Waals surface area contributed by atoms with Crippen molar-refractivity contribution in [1.29, 1.82) is 0 Å². The molecular formula is C17H16ClNS2. The molecule has 0 spiro atoms. The van der Waals surface area contributed by atoms with Gasteiger partial charge in [0.2, 0.25) is 0 Å². The summed E-state index contributed by atoms with van der Waals surface area (Å²) in [5.74, 6) is 1.07. The molecule has 0 saturated heterocycles. The number of benzene rings is 2. The first kappa shape index (κ1) is 14.8. The SMILES string of the molecule is CCSc1ccccc1NCc1sc2ccccc2c1Cl. The summed E-state index contributed by atoms with van der Waals surface area (Å²) >= 11 is 10.1. The first-order valence-electron chi connectivity index (χ1n) is 6.91. The highest BCUT2D eigenvalue weighted by Crippen LogP contribution is 2.36. The van der Waals surface area contributed by atoms with Gasteiger partial charge in [0.15, 0.2) is 0 Å². The van der Waals surface area contributed by atoms with Crippen LogP contribution in [0.1, 0.15) is 11.8 Å². The Bertz CT molecular complexity index is 751. The van der Waals surface area contributed by atoms with Gasteiger partial charge in [0.1, 0.15) is 0 Å². The van der Waals surface area contributed by atoms with E-state index in [1.807, 2.05) is 17.8 Å². The molecule has 0 aliphatic carbocycles. The highest BCUT2D eigenvalue weighted by atomic mass is 35.5. The zero-order valence-electron chi connectivity index (χ0n) is 11.7. The van der Waals surface area contributed by atoms with E-state index in [2.05, 4.69) is 54.7 Å². The molecule has 3 rings (SSSR count). The van der Waals surface area contributed by atoms with Crippen LogP contribution in [-0.2, 0) is 6.54 Å². The van der Waals surface area contributed by atoms with Crippen LogP contribution >= 0.6 is 34.7 Å². The van der Waals surface area contributed by atoms with Crippen LogP contribution in [0.25, 0.3) is 10.1 Å². The minimum Gasteiger partial charge on any atom is -0.379 e. The molecule has 0 bridgehead atoms. The molecule has 1 N–H and O–H groups in total. The Labute approximate surface area is 138 Å². The van der Waals surface area contributed by atoms with Gasteiger partial charge in [-0.15, -0.1) is 23.1 Å². The van der Waals surface area contributed by atoms with Crippen LogP contribution in [0.5, 0.6) is 0 Å². The average molecular weight is 334 g/mol. The van der Waals surface area contributed by atoms with Gasteiger partial charge in [-0.25, -0.2) is 0 Å². The van der Waals surface area contributed by atoms with E-state index in [1.54, 1.807) is 11.3 Å². The van der Waals surface area contributed by atoms with Crippen molar-refractivity contribution in [3.8, 4) is 0 Å². The van der Waals surface area contributed by atoms with Crippen LogP contribution in [0.3, 0.4) is 0 Å². The Balaban J connectivity index is 1.82. The van der Waals surface area contributed by atoms with Crippen LogP contribution in [-0.4, -0.2) is 5.75 Å². The third-order valence-corrected chi connectivity index (χ3v) is 5.90. The lowest BCUT2D eigenvalue weighted by Crippen LogP contribution is -1.99. The Morgan fingerprint density at radius 2 is 1.86 bits per heavy atom. The van der Waals surface area contributed by atoms with E-state index in [1.165, 1.54) is 20.2 Å². The Hall–Kier alpha value is -1.16. The summed E-state index contributed by atoms with van der Waals surface area (Å²) in [5.41, 5.74) is 1.18. The molecule has 0 fully saturated rings. The molecule has 21 heavy (non-hydrogen) atoms. The number of hydrogen-bond donors (Lipinski definition) is 1. The fourth-order valence-electron chi connectivity index (χ4n) is 2.25. The van der Waals surface area contributed by atoms with E-state index in [9.17, 15) is 0 Å². The van der Waals surface area contributed by atoms with Gasteiger partial charge in [-0.1, -0.05) is 48.9 Å². The number of rotatable bonds is 5. The fraction of sp³-hybridized carbons (Fsp3) is 0.176. The van der Waals surface area contributed by atoms with E-state index in [4.69, 9.17) is 11.6 Å². The molecule has 3 aromatic rings. The average Bonchev–Trinajstić information content (AvgIpc) is 2.84. The quantitative estimate of drug-likeness (QED) is 0.551. The zero-order valence-corrected chi connectivity index (χ0v) is 14.1. The molecule has 0 aliphatic rings. The van der Waals surface area contributed by atoms with E-state index >= 15 is 0 Å². The van der Waals surface area contributed by atoms with Crippen LogP contribution in [0.2, 0.25) is 5.02 Å². The van der Waals surface area contributed by atoms with E-state index in [0.717, 1.165) is 22.7 Å². The topological polar surface area (TPSA) is 12.0 Å². The largest absolute Gasteiger partial charge is 0.379 e. The van der Waals surface area contributed by atoms with Crippen molar-refractivity contribution in [3.63, 3.8) is 0 Å². The minimum atomic E-state index is 0.763. The molecule has 0 radical (unpaired) electrons. The van der Waals surface area contributed by atoms with Crippen molar-refractivity contribution in [2.24, 2.45) is 0 Å². The Kier molecular flexibility index (Phi) is 4.73. The predicted molar refractivity (Wildman–Crippen MR) is 97.0 cm³/mol. The summed E-state index contributed by atoms with van der Waals surface area (Å²) in [6.45, 7) is 2.93. The number of para-hydroxylation sites is 1. The third kappa shape index (κ3) is 3.20. The summed E-state index contributed by atoms with van der Waals surface area (Å²) in [4.78, 5) is 2.48. The summed E-state index contributed by atoms with van der Waals surface area (Å²) < 4.78 is 1.25. The second-order valence-corrected chi connectivity index (χ2v) is 7.44. The molecule has 1 aromatic heterocycles. The van der Waals surface area contributed by atoms with Gasteiger partial charge < -0.3 is 5.32 Å². The normalized spacial score (nSPS) is 11.0.